The van der Waals surface area contributed by atoms with Crippen LogP contribution >= 0.6 is 11.6 Å². The maximum absolute atomic E-state index is 12.2. The molecule has 21 heavy (non-hydrogen) atoms. The molecule has 1 unspecified atom stereocenters. The van der Waals surface area contributed by atoms with E-state index in [2.05, 4.69) is 24.4 Å². The van der Waals surface area contributed by atoms with Crippen molar-refractivity contribution in [2.75, 3.05) is 0 Å². The molecule has 2 aromatic carbocycles. The minimum absolute atomic E-state index is 0.0527. The van der Waals surface area contributed by atoms with E-state index in [0.29, 0.717) is 11.4 Å². The maximum Gasteiger partial charge on any atom is 0.251 e. The Balaban J connectivity index is 2.00. The van der Waals surface area contributed by atoms with Crippen LogP contribution in [0.1, 0.15) is 34.0 Å². The van der Waals surface area contributed by atoms with Gasteiger partial charge in [-0.1, -0.05) is 36.4 Å². The van der Waals surface area contributed by atoms with Crippen molar-refractivity contribution >= 4 is 17.5 Å². The van der Waals surface area contributed by atoms with Gasteiger partial charge in [0.25, 0.3) is 5.91 Å². The molecular formula is C18H20ClNO. The van der Waals surface area contributed by atoms with Gasteiger partial charge < -0.3 is 5.32 Å². The molecule has 0 aliphatic rings. The van der Waals surface area contributed by atoms with Crippen molar-refractivity contribution in [3.8, 4) is 0 Å². The topological polar surface area (TPSA) is 29.1 Å². The molecule has 0 spiro atoms. The van der Waals surface area contributed by atoms with Gasteiger partial charge in [-0.3, -0.25) is 4.79 Å². The van der Waals surface area contributed by atoms with E-state index >= 15 is 0 Å². The predicted octanol–water partition coefficient (Wildman–Crippen LogP) is 4.09. The van der Waals surface area contributed by atoms with E-state index in [1.54, 1.807) is 0 Å². The first kappa shape index (κ1) is 15.6. The summed E-state index contributed by atoms with van der Waals surface area (Å²) in [4.78, 5) is 12.2. The Morgan fingerprint density at radius 2 is 1.95 bits per heavy atom. The molecule has 0 saturated carbocycles. The first-order chi connectivity index (χ1) is 10.1. The highest BCUT2D eigenvalue weighted by Gasteiger charge is 2.11. The number of hydrogen-bond donors (Lipinski definition) is 1. The molecule has 0 fully saturated rings. The smallest absolute Gasteiger partial charge is 0.251 e. The van der Waals surface area contributed by atoms with Gasteiger partial charge in [-0.15, -0.1) is 11.6 Å². The van der Waals surface area contributed by atoms with Crippen LogP contribution in [0, 0.1) is 6.92 Å². The fourth-order valence-corrected chi connectivity index (χ4v) is 2.49. The Morgan fingerprint density at radius 1 is 1.19 bits per heavy atom. The molecule has 110 valence electrons. The zero-order valence-corrected chi connectivity index (χ0v) is 13.2. The van der Waals surface area contributed by atoms with E-state index in [4.69, 9.17) is 11.6 Å². The molecule has 1 amide bonds. The summed E-state index contributed by atoms with van der Waals surface area (Å²) in [6.45, 7) is 4.11. The summed E-state index contributed by atoms with van der Waals surface area (Å²) in [5, 5.41) is 3.04. The van der Waals surface area contributed by atoms with Gasteiger partial charge in [-0.05, 0) is 49.1 Å². The van der Waals surface area contributed by atoms with E-state index in [1.807, 2.05) is 43.3 Å². The summed E-state index contributed by atoms with van der Waals surface area (Å²) in [5.41, 5.74) is 4.13. The molecule has 0 aliphatic heterocycles. The Bertz CT molecular complexity index is 624. The minimum atomic E-state index is -0.0527. The Morgan fingerprint density at radius 3 is 2.67 bits per heavy atom. The number of rotatable bonds is 5. The number of hydrogen-bond acceptors (Lipinski definition) is 1. The largest absolute Gasteiger partial charge is 0.349 e. The van der Waals surface area contributed by atoms with Crippen molar-refractivity contribution < 1.29 is 4.79 Å². The average molecular weight is 302 g/mol. The van der Waals surface area contributed by atoms with Crippen molar-refractivity contribution in [3.05, 3.63) is 70.8 Å². The van der Waals surface area contributed by atoms with Crippen molar-refractivity contribution in [3.63, 3.8) is 0 Å². The summed E-state index contributed by atoms with van der Waals surface area (Å²) in [6, 6.07) is 15.8. The van der Waals surface area contributed by atoms with Crippen LogP contribution in [0.2, 0.25) is 0 Å². The predicted molar refractivity (Wildman–Crippen MR) is 87.8 cm³/mol. The zero-order chi connectivity index (χ0) is 15.2. The number of carbonyl (C=O) groups is 1. The Hall–Kier alpha value is -1.80. The number of halogens is 1. The van der Waals surface area contributed by atoms with Crippen LogP contribution in [0.25, 0.3) is 0 Å². The van der Waals surface area contributed by atoms with Gasteiger partial charge in [-0.25, -0.2) is 0 Å². The maximum atomic E-state index is 12.2. The van der Waals surface area contributed by atoms with Gasteiger partial charge in [0.2, 0.25) is 0 Å². The molecule has 0 heterocycles. The lowest BCUT2D eigenvalue weighted by atomic mass is 10.0. The molecule has 0 saturated heterocycles. The number of alkyl halides is 1. The summed E-state index contributed by atoms with van der Waals surface area (Å²) >= 11 is 5.80. The second-order valence-corrected chi connectivity index (χ2v) is 5.61. The zero-order valence-electron chi connectivity index (χ0n) is 12.4. The van der Waals surface area contributed by atoms with E-state index in [9.17, 15) is 4.79 Å². The van der Waals surface area contributed by atoms with Crippen molar-refractivity contribution in [2.24, 2.45) is 0 Å². The highest BCUT2D eigenvalue weighted by Crippen LogP contribution is 2.11. The molecule has 1 atom stereocenters. The number of benzene rings is 2. The Labute approximate surface area is 131 Å². The van der Waals surface area contributed by atoms with Crippen molar-refractivity contribution in [1.82, 2.24) is 5.32 Å². The number of carbonyl (C=O) groups excluding carboxylic acids is 1. The van der Waals surface area contributed by atoms with Crippen LogP contribution in [-0.2, 0) is 12.3 Å². The summed E-state index contributed by atoms with van der Waals surface area (Å²) in [7, 11) is 0. The van der Waals surface area contributed by atoms with E-state index in [-0.39, 0.29) is 11.9 Å². The lowest BCUT2D eigenvalue weighted by Crippen LogP contribution is -2.34. The number of aryl methyl sites for hydroxylation is 1. The Kier molecular flexibility index (Phi) is 5.40. The summed E-state index contributed by atoms with van der Waals surface area (Å²) in [5.74, 6) is 0.364. The lowest BCUT2D eigenvalue weighted by Gasteiger charge is -2.15. The van der Waals surface area contributed by atoms with Crippen molar-refractivity contribution in [2.45, 2.75) is 32.2 Å². The number of nitrogens with one attached hydrogen (secondary N) is 1. The SMILES string of the molecule is Cc1ccccc1CC(C)NC(=O)c1cccc(CCl)c1. The van der Waals surface area contributed by atoms with Crippen LogP contribution in [0.3, 0.4) is 0 Å². The van der Waals surface area contributed by atoms with Crippen molar-refractivity contribution in [1.29, 1.82) is 0 Å². The molecule has 2 rings (SSSR count). The average Bonchev–Trinajstić information content (AvgIpc) is 2.49. The third kappa shape index (κ3) is 4.33. The fraction of sp³-hybridized carbons (Fsp3) is 0.278. The van der Waals surface area contributed by atoms with E-state index < -0.39 is 0 Å². The molecule has 2 nitrogen and oxygen atoms in total. The second-order valence-electron chi connectivity index (χ2n) is 5.34. The molecular weight excluding hydrogens is 282 g/mol. The molecule has 0 aromatic heterocycles. The van der Waals surface area contributed by atoms with Gasteiger partial charge in [0.15, 0.2) is 0 Å². The van der Waals surface area contributed by atoms with Gasteiger partial charge >= 0.3 is 0 Å². The van der Waals surface area contributed by atoms with Gasteiger partial charge in [-0.2, -0.15) is 0 Å². The van der Waals surface area contributed by atoms with Crippen LogP contribution in [0.4, 0.5) is 0 Å². The molecule has 0 bridgehead atoms. The third-order valence-electron chi connectivity index (χ3n) is 3.51. The summed E-state index contributed by atoms with van der Waals surface area (Å²) in [6.07, 6.45) is 0.827. The molecule has 0 aliphatic carbocycles. The molecule has 0 radical (unpaired) electrons. The van der Waals surface area contributed by atoms with E-state index in [0.717, 1.165) is 12.0 Å². The highest BCUT2D eigenvalue weighted by atomic mass is 35.5. The lowest BCUT2D eigenvalue weighted by molar-refractivity contribution is 0.0940. The monoisotopic (exact) mass is 301 g/mol. The third-order valence-corrected chi connectivity index (χ3v) is 3.82. The second kappa shape index (κ2) is 7.28. The first-order valence-electron chi connectivity index (χ1n) is 7.10. The van der Waals surface area contributed by atoms with Gasteiger partial charge in [0, 0.05) is 17.5 Å². The van der Waals surface area contributed by atoms with Crippen LogP contribution < -0.4 is 5.32 Å². The molecule has 1 N–H and O–H groups in total. The fourth-order valence-electron chi connectivity index (χ4n) is 2.32. The van der Waals surface area contributed by atoms with Crippen LogP contribution in [0.5, 0.6) is 0 Å². The highest BCUT2D eigenvalue weighted by molar-refractivity contribution is 6.17. The van der Waals surface area contributed by atoms with E-state index in [1.165, 1.54) is 11.1 Å². The molecule has 3 heteroatoms. The first-order valence-corrected chi connectivity index (χ1v) is 7.64. The van der Waals surface area contributed by atoms with Gasteiger partial charge in [0.05, 0.1) is 0 Å². The quantitative estimate of drug-likeness (QED) is 0.828. The number of amides is 1. The van der Waals surface area contributed by atoms with Crippen LogP contribution in [-0.4, -0.2) is 11.9 Å². The van der Waals surface area contributed by atoms with Crippen LogP contribution in [0.15, 0.2) is 48.5 Å². The minimum Gasteiger partial charge on any atom is -0.349 e. The standard InChI is InChI=1S/C18H20ClNO/c1-13-6-3-4-8-16(13)10-14(2)20-18(21)17-9-5-7-15(11-17)12-19/h3-9,11,14H,10,12H2,1-2H3,(H,20,21). The summed E-state index contributed by atoms with van der Waals surface area (Å²) < 4.78 is 0. The normalized spacial score (nSPS) is 12.0. The van der Waals surface area contributed by atoms with Gasteiger partial charge in [0.1, 0.15) is 0 Å². The molecule has 2 aromatic rings.